The Balaban J connectivity index is 1.23. The summed E-state index contributed by atoms with van der Waals surface area (Å²) in [6.07, 6.45) is 7.91. The summed E-state index contributed by atoms with van der Waals surface area (Å²) in [6.45, 7) is 26.9. The minimum Gasteiger partial charge on any atom is -0.463 e. The lowest BCUT2D eigenvalue weighted by molar-refractivity contribution is -0.155. The van der Waals surface area contributed by atoms with Crippen LogP contribution in [0.25, 0.3) is 0 Å². The SMILES string of the molecule is C=CC(=O)OCCOC(=O)CCC1(C)CC(NC(=O)OCCCOC(=O)OCCCOC(=O)NC2CC(CCC(=O)OC(C)COC(C)COC(=O)CCC3(C)CC(NC(=O)OCCOC(=O)C=C)CC(C)(C)C3)CC(C)(C)C2)CC(C)(C)C1. The van der Waals surface area contributed by atoms with Gasteiger partial charge in [-0.15, -0.1) is 0 Å². The van der Waals surface area contributed by atoms with Gasteiger partial charge in [0.1, 0.15) is 39.1 Å². The molecule has 0 aromatic heterocycles. The molecule has 0 saturated heterocycles. The molecule has 3 rings (SSSR count). The molecular formula is C61H99N3O20. The van der Waals surface area contributed by atoms with Gasteiger partial charge in [0.05, 0.1) is 39.1 Å². The van der Waals surface area contributed by atoms with E-state index in [1.807, 2.05) is 0 Å². The van der Waals surface area contributed by atoms with Crippen LogP contribution in [0.15, 0.2) is 25.3 Å². The molecule has 8 unspecified atom stereocenters. The molecule has 3 aliphatic rings. The van der Waals surface area contributed by atoms with Gasteiger partial charge in [-0.3, -0.25) is 14.4 Å². The lowest BCUT2D eigenvalue weighted by Gasteiger charge is -2.46. The average molecular weight is 1190 g/mol. The summed E-state index contributed by atoms with van der Waals surface area (Å²) < 4.78 is 58.0. The second-order valence-electron chi connectivity index (χ2n) is 26.0. The van der Waals surface area contributed by atoms with Gasteiger partial charge in [-0.2, -0.15) is 0 Å². The van der Waals surface area contributed by atoms with Crippen molar-refractivity contribution in [2.24, 2.45) is 33.0 Å². The first kappa shape index (κ1) is 72.1. The van der Waals surface area contributed by atoms with E-state index in [0.717, 1.165) is 50.7 Å². The summed E-state index contributed by atoms with van der Waals surface area (Å²) in [6, 6.07) is -0.512. The van der Waals surface area contributed by atoms with E-state index in [1.165, 1.54) is 0 Å². The Kier molecular flexibility index (Phi) is 30.4. The Hall–Kier alpha value is -6.13. The number of carbonyl (C=O) groups is 9. The van der Waals surface area contributed by atoms with E-state index in [0.29, 0.717) is 38.5 Å². The van der Waals surface area contributed by atoms with Crippen LogP contribution in [0.5, 0.6) is 0 Å². The van der Waals surface area contributed by atoms with Crippen LogP contribution in [0.3, 0.4) is 0 Å². The van der Waals surface area contributed by atoms with Gasteiger partial charge >= 0.3 is 54.3 Å². The van der Waals surface area contributed by atoms with Crippen molar-refractivity contribution in [3.05, 3.63) is 25.3 Å². The van der Waals surface area contributed by atoms with E-state index in [1.54, 1.807) is 13.8 Å². The van der Waals surface area contributed by atoms with Gasteiger partial charge in [-0.1, -0.05) is 68.5 Å². The smallest absolute Gasteiger partial charge is 0.463 e. The standard InChI is InChI=1S/C61H99N3O20/c1-13-48(65)74-27-28-76-50(67)19-21-60(11)36-46(34-58(7,8)40-60)63-54(71)78-24-16-26-81-56(73)80-25-15-23-77-53(70)62-45-31-44(32-57(5,6)33-45)17-18-52(69)84-43(4)39-82-42(3)38-83-51(68)20-22-61(12)37-47(35-59(9,10)41-61)64-55(72)79-30-29-75-49(66)14-2/h13-14,42-47H,1-2,15-41H2,3-12H3,(H,62,70)(H,63,71)(H,64,72). The van der Waals surface area contributed by atoms with Crippen LogP contribution < -0.4 is 16.0 Å². The molecule has 3 aliphatic carbocycles. The number of ether oxygens (including phenoxy) is 11. The van der Waals surface area contributed by atoms with Crippen molar-refractivity contribution in [1.29, 1.82) is 0 Å². The van der Waals surface area contributed by atoms with E-state index >= 15 is 0 Å². The second-order valence-corrected chi connectivity index (χ2v) is 26.0. The number of hydrogen-bond donors (Lipinski definition) is 3. The molecule has 3 amide bonds. The molecule has 0 bridgehead atoms. The molecule has 8 atom stereocenters. The fourth-order valence-electron chi connectivity index (χ4n) is 12.6. The molecule has 23 heteroatoms. The predicted octanol–water partition coefficient (Wildman–Crippen LogP) is 9.69. The Labute approximate surface area is 497 Å². The fraction of sp³-hybridized carbons (Fsp3) is 0.787. The lowest BCUT2D eigenvalue weighted by Crippen LogP contribution is -2.47. The zero-order valence-electron chi connectivity index (χ0n) is 51.8. The van der Waals surface area contributed by atoms with E-state index in [9.17, 15) is 43.2 Å². The molecule has 0 heterocycles. The largest absolute Gasteiger partial charge is 0.508 e. The third-order valence-electron chi connectivity index (χ3n) is 15.1. The molecule has 0 radical (unpaired) electrons. The fourth-order valence-corrected chi connectivity index (χ4v) is 12.6. The molecule has 23 nitrogen and oxygen atoms in total. The summed E-state index contributed by atoms with van der Waals surface area (Å²) in [5.74, 6) is -2.14. The van der Waals surface area contributed by atoms with Crippen LogP contribution >= 0.6 is 0 Å². The van der Waals surface area contributed by atoms with E-state index in [-0.39, 0.29) is 161 Å². The second kappa shape index (κ2) is 35.4. The number of hydrogen-bond acceptors (Lipinski definition) is 20. The normalized spacial score (nSPS) is 23.7. The number of carbonyl (C=O) groups excluding carboxylic acids is 9. The summed E-state index contributed by atoms with van der Waals surface area (Å²) in [4.78, 5) is 111. The quantitative estimate of drug-likeness (QED) is 0.0234. The number of amides is 3. The highest BCUT2D eigenvalue weighted by Gasteiger charge is 2.44. The van der Waals surface area contributed by atoms with Gasteiger partial charge in [-0.05, 0) is 124 Å². The molecule has 0 spiro atoms. The molecule has 0 aromatic carbocycles. The molecule has 3 N–H and O–H groups in total. The Morgan fingerprint density at radius 1 is 0.464 bits per heavy atom. The van der Waals surface area contributed by atoms with Gasteiger partial charge < -0.3 is 68.1 Å². The molecule has 3 fully saturated rings. The third kappa shape index (κ3) is 31.1. The number of nitrogens with one attached hydrogen (secondary N) is 3. The molecule has 0 aromatic rings. The van der Waals surface area contributed by atoms with E-state index in [4.69, 9.17) is 52.1 Å². The van der Waals surface area contributed by atoms with Gasteiger partial charge in [0, 0.05) is 62.4 Å². The minimum atomic E-state index is -0.902. The summed E-state index contributed by atoms with van der Waals surface area (Å²) >= 11 is 0. The summed E-state index contributed by atoms with van der Waals surface area (Å²) in [7, 11) is 0. The van der Waals surface area contributed by atoms with Crippen molar-refractivity contribution in [1.82, 2.24) is 16.0 Å². The van der Waals surface area contributed by atoms with Gasteiger partial charge in [0.25, 0.3) is 0 Å². The van der Waals surface area contributed by atoms with E-state index < -0.39 is 54.6 Å². The first-order chi connectivity index (χ1) is 39.4. The highest BCUT2D eigenvalue weighted by molar-refractivity contribution is 5.81. The van der Waals surface area contributed by atoms with Crippen LogP contribution in [0.1, 0.15) is 178 Å². The molecule has 478 valence electrons. The first-order valence-electron chi connectivity index (χ1n) is 29.7. The van der Waals surface area contributed by atoms with Gasteiger partial charge in [0.2, 0.25) is 0 Å². The number of alkyl carbamates (subject to hydrolysis) is 3. The number of rotatable bonds is 34. The first-order valence-corrected chi connectivity index (χ1v) is 29.7. The van der Waals surface area contributed by atoms with Crippen LogP contribution in [0.2, 0.25) is 0 Å². The summed E-state index contributed by atoms with van der Waals surface area (Å²) in [5, 5.41) is 8.83. The van der Waals surface area contributed by atoms with Crippen molar-refractivity contribution in [3.63, 3.8) is 0 Å². The van der Waals surface area contributed by atoms with Crippen LogP contribution in [0.4, 0.5) is 19.2 Å². The molecule has 3 saturated carbocycles. The topological polar surface area (TPSA) is 291 Å². The third-order valence-corrected chi connectivity index (χ3v) is 15.1. The highest BCUT2D eigenvalue weighted by atomic mass is 16.7. The van der Waals surface area contributed by atoms with Gasteiger partial charge in [-0.25, -0.2) is 28.8 Å². The maximum absolute atomic E-state index is 12.9. The van der Waals surface area contributed by atoms with Crippen molar-refractivity contribution < 1.29 is 95.3 Å². The maximum Gasteiger partial charge on any atom is 0.508 e. The summed E-state index contributed by atoms with van der Waals surface area (Å²) in [5.41, 5.74) is -0.783. The Morgan fingerprint density at radius 2 is 0.893 bits per heavy atom. The van der Waals surface area contributed by atoms with Crippen molar-refractivity contribution >= 4 is 54.3 Å². The highest BCUT2D eigenvalue weighted by Crippen LogP contribution is 2.50. The number of esters is 5. The van der Waals surface area contributed by atoms with Crippen molar-refractivity contribution in [3.8, 4) is 0 Å². The maximum atomic E-state index is 12.9. The zero-order valence-corrected chi connectivity index (χ0v) is 51.8. The lowest BCUT2D eigenvalue weighted by atomic mass is 9.61. The molecule has 0 aliphatic heterocycles. The van der Waals surface area contributed by atoms with Gasteiger partial charge in [0.15, 0.2) is 0 Å². The average Bonchev–Trinajstić information content (AvgIpc) is 3.43. The molecule has 84 heavy (non-hydrogen) atoms. The zero-order chi connectivity index (χ0) is 62.6. The van der Waals surface area contributed by atoms with Crippen LogP contribution in [-0.4, -0.2) is 151 Å². The minimum absolute atomic E-state index is 0.00273. The van der Waals surface area contributed by atoms with Crippen LogP contribution in [-0.2, 0) is 76.1 Å². The van der Waals surface area contributed by atoms with Crippen molar-refractivity contribution in [2.75, 3.05) is 66.1 Å². The Bertz CT molecular complexity index is 2180. The van der Waals surface area contributed by atoms with Crippen LogP contribution in [0, 0.1) is 33.0 Å². The Morgan fingerprint density at radius 3 is 1.39 bits per heavy atom. The van der Waals surface area contributed by atoms with E-state index in [2.05, 4.69) is 84.5 Å². The monoisotopic (exact) mass is 1190 g/mol. The predicted molar refractivity (Wildman–Crippen MR) is 307 cm³/mol. The molecular weight excluding hydrogens is 1090 g/mol. The van der Waals surface area contributed by atoms with Crippen molar-refractivity contribution in [2.45, 2.75) is 209 Å².